The molecule has 1 amide bonds. The molecule has 1 heterocycles. The lowest BCUT2D eigenvalue weighted by Gasteiger charge is -2.26. The lowest BCUT2D eigenvalue weighted by Crippen LogP contribution is -2.35. The van der Waals surface area contributed by atoms with Crippen LogP contribution in [0.3, 0.4) is 0 Å². The second kappa shape index (κ2) is 20.7. The van der Waals surface area contributed by atoms with Crippen molar-refractivity contribution in [3.05, 3.63) is 0 Å². The maximum Gasteiger partial charge on any atom is 0.222 e. The Balaban J connectivity index is 1.67. The summed E-state index contributed by atoms with van der Waals surface area (Å²) in [4.78, 5) is 13.8. The van der Waals surface area contributed by atoms with E-state index in [1.54, 1.807) is 0 Å². The van der Waals surface area contributed by atoms with E-state index in [1.807, 2.05) is 0 Å². The average molecular weight is 408 g/mol. The molecular weight excluding hydrogens is 354 g/mol. The molecule has 29 heavy (non-hydrogen) atoms. The van der Waals surface area contributed by atoms with E-state index in [9.17, 15) is 4.79 Å². The highest BCUT2D eigenvalue weighted by atomic mass is 16.2. The smallest absolute Gasteiger partial charge is 0.222 e. The van der Waals surface area contributed by atoms with Gasteiger partial charge in [0, 0.05) is 19.5 Å². The van der Waals surface area contributed by atoms with Gasteiger partial charge in [-0.05, 0) is 19.3 Å². The Morgan fingerprint density at radius 3 is 1.31 bits per heavy atom. The minimum atomic E-state index is 0.397. The predicted octanol–water partition coefficient (Wildman–Crippen LogP) is 8.82. The van der Waals surface area contributed by atoms with Gasteiger partial charge in [0.2, 0.25) is 5.91 Å². The van der Waals surface area contributed by atoms with Crippen LogP contribution in [0.4, 0.5) is 0 Å². The molecule has 2 heteroatoms. The van der Waals surface area contributed by atoms with Gasteiger partial charge >= 0.3 is 0 Å². The van der Waals surface area contributed by atoms with Crippen LogP contribution in [0.15, 0.2) is 0 Å². The fourth-order valence-corrected chi connectivity index (χ4v) is 4.66. The summed E-state index contributed by atoms with van der Waals surface area (Å²) in [5.74, 6) is 0.397. The number of piperidine rings is 1. The van der Waals surface area contributed by atoms with Crippen molar-refractivity contribution in [2.24, 2.45) is 0 Å². The summed E-state index contributed by atoms with van der Waals surface area (Å²) in [7, 11) is 0. The van der Waals surface area contributed by atoms with Crippen molar-refractivity contribution in [2.45, 2.75) is 155 Å². The second-order valence-electron chi connectivity index (χ2n) is 9.56. The molecule has 0 saturated carbocycles. The van der Waals surface area contributed by atoms with Crippen LogP contribution >= 0.6 is 0 Å². The van der Waals surface area contributed by atoms with E-state index < -0.39 is 0 Å². The molecule has 0 radical (unpaired) electrons. The van der Waals surface area contributed by atoms with Crippen LogP contribution in [0.2, 0.25) is 0 Å². The monoisotopic (exact) mass is 407 g/mol. The zero-order chi connectivity index (χ0) is 20.8. The maximum atomic E-state index is 11.8. The summed E-state index contributed by atoms with van der Waals surface area (Å²) < 4.78 is 0. The first kappa shape index (κ1) is 26.5. The number of carbonyl (C=O) groups is 1. The number of carbonyl (C=O) groups excluding carboxylic acids is 1. The fraction of sp³-hybridized carbons (Fsp3) is 0.963. The fourth-order valence-electron chi connectivity index (χ4n) is 4.66. The molecule has 1 fully saturated rings. The summed E-state index contributed by atoms with van der Waals surface area (Å²) in [6.45, 7) is 4.32. The Morgan fingerprint density at radius 1 is 0.552 bits per heavy atom. The zero-order valence-electron chi connectivity index (χ0n) is 20.0. The van der Waals surface area contributed by atoms with E-state index in [-0.39, 0.29) is 0 Å². The van der Waals surface area contributed by atoms with Gasteiger partial charge in [0.25, 0.3) is 0 Å². The molecule has 0 bridgehead atoms. The van der Waals surface area contributed by atoms with Crippen LogP contribution in [0, 0.1) is 0 Å². The summed E-state index contributed by atoms with van der Waals surface area (Å²) >= 11 is 0. The molecule has 0 atom stereocenters. The Kier molecular flexibility index (Phi) is 18.9. The van der Waals surface area contributed by atoms with Crippen LogP contribution < -0.4 is 0 Å². The summed E-state index contributed by atoms with van der Waals surface area (Å²) in [5.41, 5.74) is 0. The number of nitrogens with zero attached hydrogens (tertiary/aromatic N) is 1. The van der Waals surface area contributed by atoms with Crippen LogP contribution in [0.1, 0.15) is 155 Å². The molecule has 0 spiro atoms. The molecule has 1 saturated heterocycles. The average Bonchev–Trinajstić information content (AvgIpc) is 2.73. The second-order valence-corrected chi connectivity index (χ2v) is 9.56. The predicted molar refractivity (Wildman–Crippen MR) is 128 cm³/mol. The molecule has 0 aromatic carbocycles. The first-order valence-electron chi connectivity index (χ1n) is 13.6. The first-order valence-corrected chi connectivity index (χ1v) is 13.6. The standard InChI is InChI=1S/C27H53NO/c1-2-3-4-5-6-7-8-9-10-11-12-13-14-15-16-17-18-19-20-22-25-28-26-23-21-24-27(28)29/h2-26H2,1H3. The van der Waals surface area contributed by atoms with Crippen molar-refractivity contribution in [1.29, 1.82) is 0 Å². The number of hydrogen-bond acceptors (Lipinski definition) is 1. The van der Waals surface area contributed by atoms with Gasteiger partial charge in [-0.1, -0.05) is 129 Å². The van der Waals surface area contributed by atoms with Gasteiger partial charge in [-0.2, -0.15) is 0 Å². The van der Waals surface area contributed by atoms with E-state index in [2.05, 4.69) is 11.8 Å². The summed E-state index contributed by atoms with van der Waals surface area (Å²) in [5, 5.41) is 0. The highest BCUT2D eigenvalue weighted by molar-refractivity contribution is 5.76. The Bertz CT molecular complexity index is 354. The van der Waals surface area contributed by atoms with Crippen LogP contribution in [-0.2, 0) is 4.79 Å². The lowest BCUT2D eigenvalue weighted by molar-refractivity contribution is -0.133. The van der Waals surface area contributed by atoms with Crippen molar-refractivity contribution in [2.75, 3.05) is 13.1 Å². The van der Waals surface area contributed by atoms with Crippen molar-refractivity contribution < 1.29 is 4.79 Å². The number of hydrogen-bond donors (Lipinski definition) is 0. The molecule has 0 aromatic rings. The third kappa shape index (κ3) is 16.9. The molecule has 0 unspecified atom stereocenters. The molecule has 172 valence electrons. The van der Waals surface area contributed by atoms with E-state index in [0.717, 1.165) is 25.9 Å². The Morgan fingerprint density at radius 2 is 0.931 bits per heavy atom. The Hall–Kier alpha value is -0.530. The quantitative estimate of drug-likeness (QED) is 0.174. The van der Waals surface area contributed by atoms with Gasteiger partial charge in [0.05, 0.1) is 0 Å². The van der Waals surface area contributed by atoms with Gasteiger partial charge < -0.3 is 4.90 Å². The first-order chi connectivity index (χ1) is 14.3. The lowest BCUT2D eigenvalue weighted by atomic mass is 10.0. The van der Waals surface area contributed by atoms with E-state index in [0.29, 0.717) is 5.91 Å². The largest absolute Gasteiger partial charge is 0.343 e. The van der Waals surface area contributed by atoms with Crippen molar-refractivity contribution in [3.8, 4) is 0 Å². The van der Waals surface area contributed by atoms with Crippen LogP contribution in [-0.4, -0.2) is 23.9 Å². The zero-order valence-corrected chi connectivity index (χ0v) is 20.0. The molecular formula is C27H53NO. The number of unbranched alkanes of at least 4 members (excludes halogenated alkanes) is 19. The highest BCUT2D eigenvalue weighted by Crippen LogP contribution is 2.15. The van der Waals surface area contributed by atoms with Gasteiger partial charge in [-0.3, -0.25) is 4.79 Å². The van der Waals surface area contributed by atoms with E-state index >= 15 is 0 Å². The van der Waals surface area contributed by atoms with Gasteiger partial charge in [0.15, 0.2) is 0 Å². The molecule has 0 N–H and O–H groups in total. The number of likely N-dealkylation sites (tertiary alicyclic amines) is 1. The third-order valence-corrected chi connectivity index (χ3v) is 6.70. The normalized spacial score (nSPS) is 14.7. The summed E-state index contributed by atoms with van der Waals surface area (Å²) in [6.07, 6.45) is 31.6. The van der Waals surface area contributed by atoms with Crippen LogP contribution in [0.25, 0.3) is 0 Å². The Labute approximate surface area is 183 Å². The third-order valence-electron chi connectivity index (χ3n) is 6.70. The van der Waals surface area contributed by atoms with Crippen molar-refractivity contribution in [1.82, 2.24) is 4.90 Å². The van der Waals surface area contributed by atoms with Crippen LogP contribution in [0.5, 0.6) is 0 Å². The van der Waals surface area contributed by atoms with E-state index in [4.69, 9.17) is 0 Å². The molecule has 0 aromatic heterocycles. The minimum Gasteiger partial charge on any atom is -0.343 e. The molecule has 1 rings (SSSR count). The van der Waals surface area contributed by atoms with Gasteiger partial charge in [-0.15, -0.1) is 0 Å². The minimum absolute atomic E-state index is 0.397. The SMILES string of the molecule is CCCCCCCCCCCCCCCCCCCCCCN1CCCCC1=O. The molecule has 1 aliphatic heterocycles. The number of rotatable bonds is 21. The van der Waals surface area contributed by atoms with Crippen molar-refractivity contribution in [3.63, 3.8) is 0 Å². The molecule has 1 aliphatic rings. The molecule has 2 nitrogen and oxygen atoms in total. The maximum absolute atomic E-state index is 11.8. The van der Waals surface area contributed by atoms with E-state index in [1.165, 1.54) is 135 Å². The van der Waals surface area contributed by atoms with Crippen molar-refractivity contribution >= 4 is 5.91 Å². The highest BCUT2D eigenvalue weighted by Gasteiger charge is 2.16. The topological polar surface area (TPSA) is 20.3 Å². The van der Waals surface area contributed by atoms with Gasteiger partial charge in [0.1, 0.15) is 0 Å². The molecule has 0 aliphatic carbocycles. The number of amides is 1. The van der Waals surface area contributed by atoms with Gasteiger partial charge in [-0.25, -0.2) is 0 Å². The summed E-state index contributed by atoms with van der Waals surface area (Å²) in [6, 6.07) is 0.